The molecule has 0 aromatic heterocycles. The molecule has 2 amide bonds. The molecule has 0 aliphatic carbocycles. The van der Waals surface area contributed by atoms with E-state index in [1.807, 2.05) is 56.3 Å². The fraction of sp³-hybridized carbons (Fsp3) is 0.333. The smallest absolute Gasteiger partial charge is 0.233 e. The Morgan fingerprint density at radius 3 is 1.81 bits per heavy atom. The van der Waals surface area contributed by atoms with E-state index < -0.39 is 0 Å². The highest BCUT2D eigenvalue weighted by atomic mass is 16.2. The van der Waals surface area contributed by atoms with Gasteiger partial charge in [0.2, 0.25) is 11.8 Å². The van der Waals surface area contributed by atoms with E-state index in [1.165, 1.54) is 0 Å². The summed E-state index contributed by atoms with van der Waals surface area (Å²) < 4.78 is 0. The molecular weight excluding hydrogens is 326 g/mol. The van der Waals surface area contributed by atoms with Crippen molar-refractivity contribution in [2.24, 2.45) is 0 Å². The Bertz CT molecular complexity index is 745. The summed E-state index contributed by atoms with van der Waals surface area (Å²) in [6.07, 6.45) is -0.217. The molecule has 0 heterocycles. The predicted molar refractivity (Wildman–Crippen MR) is 108 cm³/mol. The molecule has 0 bridgehead atoms. The first-order chi connectivity index (χ1) is 12.4. The largest absolute Gasteiger partial charge is 0.372 e. The zero-order valence-electron chi connectivity index (χ0n) is 15.9. The minimum atomic E-state index is -0.331. The molecule has 2 N–H and O–H groups in total. The molecular formula is C21H27N3O2. The molecule has 5 heteroatoms. The Kier molecular flexibility index (Phi) is 6.78. The van der Waals surface area contributed by atoms with Crippen molar-refractivity contribution in [1.82, 2.24) is 0 Å². The average molecular weight is 353 g/mol. The van der Waals surface area contributed by atoms with Crippen molar-refractivity contribution >= 4 is 28.9 Å². The van der Waals surface area contributed by atoms with Crippen molar-refractivity contribution in [3.05, 3.63) is 53.6 Å². The third kappa shape index (κ3) is 5.62. The maximum Gasteiger partial charge on any atom is 0.233 e. The number of rotatable bonds is 7. The number of benzene rings is 2. The normalized spacial score (nSPS) is 10.3. The second-order valence-corrected chi connectivity index (χ2v) is 6.37. The maximum atomic E-state index is 12.1. The topological polar surface area (TPSA) is 61.4 Å². The van der Waals surface area contributed by atoms with Crippen molar-refractivity contribution in [3.63, 3.8) is 0 Å². The summed E-state index contributed by atoms with van der Waals surface area (Å²) in [5.41, 5.74) is 4.64. The monoisotopic (exact) mass is 353 g/mol. The molecule has 5 nitrogen and oxygen atoms in total. The van der Waals surface area contributed by atoms with Crippen LogP contribution in [0.25, 0.3) is 0 Å². The van der Waals surface area contributed by atoms with E-state index in [2.05, 4.69) is 29.4 Å². The summed E-state index contributed by atoms with van der Waals surface area (Å²) in [5.74, 6) is -0.658. The van der Waals surface area contributed by atoms with Gasteiger partial charge in [0, 0.05) is 30.2 Å². The van der Waals surface area contributed by atoms with Crippen LogP contribution in [-0.4, -0.2) is 24.9 Å². The molecule has 0 aliphatic rings. The standard InChI is InChI=1S/C21H27N3O2/c1-5-24(6-2)19-9-7-17(8-10-19)22-20(25)14-21(26)23-18-12-15(3)11-16(4)13-18/h7-13H,5-6,14H2,1-4H3,(H,22,25)(H,23,26). The number of anilines is 3. The minimum Gasteiger partial charge on any atom is -0.372 e. The van der Waals surface area contributed by atoms with Crippen LogP contribution < -0.4 is 15.5 Å². The molecule has 0 aliphatic heterocycles. The third-order valence-corrected chi connectivity index (χ3v) is 4.11. The van der Waals surface area contributed by atoms with Crippen LogP contribution in [0.5, 0.6) is 0 Å². The second kappa shape index (κ2) is 9.04. The fourth-order valence-corrected chi connectivity index (χ4v) is 2.95. The molecule has 0 saturated heterocycles. The molecule has 0 fully saturated rings. The summed E-state index contributed by atoms with van der Waals surface area (Å²) in [6, 6.07) is 13.4. The van der Waals surface area contributed by atoms with Crippen molar-refractivity contribution in [1.29, 1.82) is 0 Å². The van der Waals surface area contributed by atoms with E-state index in [9.17, 15) is 9.59 Å². The van der Waals surface area contributed by atoms with Crippen LogP contribution in [0.2, 0.25) is 0 Å². The SMILES string of the molecule is CCN(CC)c1ccc(NC(=O)CC(=O)Nc2cc(C)cc(C)c2)cc1. The number of nitrogens with zero attached hydrogens (tertiary/aromatic N) is 1. The van der Waals surface area contributed by atoms with E-state index in [1.54, 1.807) is 0 Å². The Hall–Kier alpha value is -2.82. The molecule has 2 aromatic rings. The van der Waals surface area contributed by atoms with E-state index in [0.29, 0.717) is 11.4 Å². The quantitative estimate of drug-likeness (QED) is 0.736. The van der Waals surface area contributed by atoms with Crippen LogP contribution in [0.3, 0.4) is 0 Å². The summed E-state index contributed by atoms with van der Waals surface area (Å²) in [5, 5.41) is 5.54. The van der Waals surface area contributed by atoms with Crippen LogP contribution in [0.15, 0.2) is 42.5 Å². The van der Waals surface area contributed by atoms with Gasteiger partial charge in [-0.1, -0.05) is 6.07 Å². The zero-order chi connectivity index (χ0) is 19.1. The fourth-order valence-electron chi connectivity index (χ4n) is 2.95. The minimum absolute atomic E-state index is 0.217. The van der Waals surface area contributed by atoms with Gasteiger partial charge in [-0.05, 0) is 75.2 Å². The van der Waals surface area contributed by atoms with E-state index >= 15 is 0 Å². The number of carbonyl (C=O) groups is 2. The molecule has 0 saturated carbocycles. The van der Waals surface area contributed by atoms with Gasteiger partial charge in [0.15, 0.2) is 0 Å². The van der Waals surface area contributed by atoms with E-state index in [4.69, 9.17) is 0 Å². The highest BCUT2D eigenvalue weighted by Crippen LogP contribution is 2.18. The highest BCUT2D eigenvalue weighted by Gasteiger charge is 2.11. The first kappa shape index (κ1) is 19.5. The molecule has 0 atom stereocenters. The number of nitrogens with one attached hydrogen (secondary N) is 2. The van der Waals surface area contributed by atoms with Crippen molar-refractivity contribution in [3.8, 4) is 0 Å². The molecule has 138 valence electrons. The van der Waals surface area contributed by atoms with Crippen molar-refractivity contribution < 1.29 is 9.59 Å². The second-order valence-electron chi connectivity index (χ2n) is 6.37. The molecule has 0 radical (unpaired) electrons. The maximum absolute atomic E-state index is 12.1. The van der Waals surface area contributed by atoms with Gasteiger partial charge in [0.25, 0.3) is 0 Å². The molecule has 2 aromatic carbocycles. The van der Waals surface area contributed by atoms with E-state index in [0.717, 1.165) is 29.9 Å². The summed E-state index contributed by atoms with van der Waals surface area (Å²) >= 11 is 0. The summed E-state index contributed by atoms with van der Waals surface area (Å²) in [4.78, 5) is 26.4. The van der Waals surface area contributed by atoms with Gasteiger partial charge in [0.05, 0.1) is 0 Å². The van der Waals surface area contributed by atoms with Gasteiger partial charge in [-0.2, -0.15) is 0 Å². The van der Waals surface area contributed by atoms with Gasteiger partial charge < -0.3 is 15.5 Å². The summed E-state index contributed by atoms with van der Waals surface area (Å²) in [6.45, 7) is 10.0. The predicted octanol–water partition coefficient (Wildman–Crippen LogP) is 4.12. The Labute approximate surface area is 155 Å². The number of hydrogen-bond donors (Lipinski definition) is 2. The Morgan fingerprint density at radius 1 is 0.808 bits per heavy atom. The third-order valence-electron chi connectivity index (χ3n) is 4.11. The highest BCUT2D eigenvalue weighted by molar-refractivity contribution is 6.08. The summed E-state index contributed by atoms with van der Waals surface area (Å²) in [7, 11) is 0. The molecule has 2 rings (SSSR count). The van der Waals surface area contributed by atoms with Crippen molar-refractivity contribution in [2.45, 2.75) is 34.1 Å². The van der Waals surface area contributed by atoms with Gasteiger partial charge in [-0.25, -0.2) is 0 Å². The lowest BCUT2D eigenvalue weighted by Crippen LogP contribution is -2.22. The Morgan fingerprint density at radius 2 is 1.31 bits per heavy atom. The number of hydrogen-bond acceptors (Lipinski definition) is 3. The number of aryl methyl sites for hydroxylation is 2. The van der Waals surface area contributed by atoms with Crippen molar-refractivity contribution in [2.75, 3.05) is 28.6 Å². The molecule has 26 heavy (non-hydrogen) atoms. The van der Waals surface area contributed by atoms with Crippen LogP contribution >= 0.6 is 0 Å². The lowest BCUT2D eigenvalue weighted by molar-refractivity contribution is -0.123. The van der Waals surface area contributed by atoms with Gasteiger partial charge in [-0.3, -0.25) is 9.59 Å². The zero-order valence-corrected chi connectivity index (χ0v) is 15.9. The number of amides is 2. The first-order valence-electron chi connectivity index (χ1n) is 8.94. The average Bonchev–Trinajstić information content (AvgIpc) is 2.56. The van der Waals surface area contributed by atoms with Gasteiger partial charge in [-0.15, -0.1) is 0 Å². The molecule has 0 spiro atoms. The van der Waals surface area contributed by atoms with Gasteiger partial charge >= 0.3 is 0 Å². The van der Waals surface area contributed by atoms with E-state index in [-0.39, 0.29) is 18.2 Å². The lowest BCUT2D eigenvalue weighted by atomic mass is 10.1. The lowest BCUT2D eigenvalue weighted by Gasteiger charge is -2.21. The van der Waals surface area contributed by atoms with Crippen LogP contribution in [0.4, 0.5) is 17.1 Å². The van der Waals surface area contributed by atoms with Crippen LogP contribution in [-0.2, 0) is 9.59 Å². The first-order valence-corrected chi connectivity index (χ1v) is 8.94. The molecule has 0 unspecified atom stereocenters. The van der Waals surface area contributed by atoms with Crippen LogP contribution in [0, 0.1) is 13.8 Å². The Balaban J connectivity index is 1.90. The van der Waals surface area contributed by atoms with Gasteiger partial charge in [0.1, 0.15) is 6.42 Å². The van der Waals surface area contributed by atoms with Crippen LogP contribution in [0.1, 0.15) is 31.4 Å². The number of carbonyl (C=O) groups excluding carboxylic acids is 2.